The fraction of sp³-hybridized carbons (Fsp3) is 0.0909. The van der Waals surface area contributed by atoms with Crippen LogP contribution in [0.15, 0.2) is 45.3 Å². The number of hydrogen-bond donors (Lipinski definition) is 2. The lowest BCUT2D eigenvalue weighted by atomic mass is 10.2. The van der Waals surface area contributed by atoms with Crippen molar-refractivity contribution in [2.75, 3.05) is 0 Å². The Bertz CT molecular complexity index is 585. The normalized spacial score (nSPS) is 10.5. The van der Waals surface area contributed by atoms with Gasteiger partial charge in [0.25, 0.3) is 5.56 Å². The van der Waals surface area contributed by atoms with Crippen LogP contribution in [0.25, 0.3) is 0 Å². The van der Waals surface area contributed by atoms with Gasteiger partial charge >= 0.3 is 0 Å². The van der Waals surface area contributed by atoms with Crippen LogP contribution in [0.3, 0.4) is 0 Å². The van der Waals surface area contributed by atoms with Crippen molar-refractivity contribution < 1.29 is 4.39 Å². The molecule has 0 aliphatic rings. The Kier molecular flexibility index (Phi) is 3.55. The zero-order chi connectivity index (χ0) is 12.3. The summed E-state index contributed by atoms with van der Waals surface area (Å²) >= 11 is 1.25. The van der Waals surface area contributed by atoms with E-state index < -0.39 is 0 Å². The first kappa shape index (κ1) is 11.8. The molecule has 0 amide bonds. The van der Waals surface area contributed by atoms with Gasteiger partial charge in [0.2, 0.25) is 0 Å². The Hall–Kier alpha value is -1.66. The number of aromatic nitrogens is 2. The van der Waals surface area contributed by atoms with E-state index in [9.17, 15) is 9.18 Å². The predicted octanol–water partition coefficient (Wildman–Crippen LogP) is 1.52. The Morgan fingerprint density at radius 3 is 2.94 bits per heavy atom. The van der Waals surface area contributed by atoms with Gasteiger partial charge in [-0.15, -0.1) is 0 Å². The lowest BCUT2D eigenvalue weighted by Crippen LogP contribution is -2.05. The van der Waals surface area contributed by atoms with E-state index in [1.807, 2.05) is 0 Å². The third kappa shape index (κ3) is 2.92. The number of aromatic amines is 1. The van der Waals surface area contributed by atoms with Gasteiger partial charge in [-0.3, -0.25) is 4.79 Å². The van der Waals surface area contributed by atoms with E-state index in [0.717, 1.165) is 4.90 Å². The number of nitrogens with zero attached hydrogens (tertiary/aromatic N) is 1. The molecular formula is C11H10FN3OS. The first-order valence-electron chi connectivity index (χ1n) is 4.91. The minimum atomic E-state index is -0.329. The Balaban J connectivity index is 2.33. The Morgan fingerprint density at radius 2 is 2.24 bits per heavy atom. The molecule has 0 aliphatic heterocycles. The van der Waals surface area contributed by atoms with Gasteiger partial charge in [-0.2, -0.15) is 0 Å². The van der Waals surface area contributed by atoms with Crippen molar-refractivity contribution in [3.8, 4) is 0 Å². The summed E-state index contributed by atoms with van der Waals surface area (Å²) in [5, 5.41) is 0.457. The van der Waals surface area contributed by atoms with E-state index in [1.54, 1.807) is 6.07 Å². The molecule has 0 bridgehead atoms. The van der Waals surface area contributed by atoms with E-state index in [-0.39, 0.29) is 17.9 Å². The molecule has 1 heterocycles. The quantitative estimate of drug-likeness (QED) is 0.811. The molecule has 0 atom stereocenters. The van der Waals surface area contributed by atoms with E-state index >= 15 is 0 Å². The molecule has 2 rings (SSSR count). The molecule has 0 saturated carbocycles. The lowest BCUT2D eigenvalue weighted by molar-refractivity contribution is 0.623. The number of nitrogens with one attached hydrogen (secondary N) is 1. The number of nitrogens with two attached hydrogens (primary N) is 1. The van der Waals surface area contributed by atoms with Crippen molar-refractivity contribution in [3.05, 3.63) is 52.2 Å². The SMILES string of the molecule is NCc1cc(F)ccc1Sc1nccc(=O)[nH]1. The van der Waals surface area contributed by atoms with Crippen molar-refractivity contribution in [3.63, 3.8) is 0 Å². The fourth-order valence-electron chi connectivity index (χ4n) is 1.32. The average Bonchev–Trinajstić information content (AvgIpc) is 2.31. The standard InChI is InChI=1S/C11H10FN3OS/c12-8-1-2-9(7(5-8)6-13)17-11-14-4-3-10(16)15-11/h1-5H,6,13H2,(H,14,15,16). The van der Waals surface area contributed by atoms with Crippen LogP contribution in [0.2, 0.25) is 0 Å². The number of halogens is 1. The van der Waals surface area contributed by atoms with E-state index in [1.165, 1.54) is 36.2 Å². The maximum absolute atomic E-state index is 13.0. The lowest BCUT2D eigenvalue weighted by Gasteiger charge is -2.06. The van der Waals surface area contributed by atoms with Crippen LogP contribution in [0.5, 0.6) is 0 Å². The molecule has 0 spiro atoms. The summed E-state index contributed by atoms with van der Waals surface area (Å²) < 4.78 is 13.0. The highest BCUT2D eigenvalue weighted by Gasteiger charge is 2.06. The average molecular weight is 251 g/mol. The minimum absolute atomic E-state index is 0.223. The second-order valence-corrected chi connectivity index (χ2v) is 4.33. The molecular weight excluding hydrogens is 241 g/mol. The zero-order valence-electron chi connectivity index (χ0n) is 8.81. The highest BCUT2D eigenvalue weighted by atomic mass is 32.2. The molecule has 88 valence electrons. The highest BCUT2D eigenvalue weighted by molar-refractivity contribution is 7.99. The number of benzene rings is 1. The van der Waals surface area contributed by atoms with Crippen molar-refractivity contribution in [2.45, 2.75) is 16.6 Å². The first-order chi connectivity index (χ1) is 8.19. The topological polar surface area (TPSA) is 71.8 Å². The smallest absolute Gasteiger partial charge is 0.251 e. The number of rotatable bonds is 3. The van der Waals surface area contributed by atoms with Gasteiger partial charge in [0.05, 0.1) is 0 Å². The van der Waals surface area contributed by atoms with Gasteiger partial charge in [-0.05, 0) is 23.8 Å². The molecule has 0 saturated heterocycles. The van der Waals surface area contributed by atoms with Crippen molar-refractivity contribution in [1.82, 2.24) is 9.97 Å². The van der Waals surface area contributed by atoms with E-state index in [2.05, 4.69) is 9.97 Å². The second-order valence-electron chi connectivity index (χ2n) is 3.30. The second kappa shape index (κ2) is 5.11. The third-order valence-corrected chi connectivity index (χ3v) is 3.12. The van der Waals surface area contributed by atoms with Crippen LogP contribution in [-0.4, -0.2) is 9.97 Å². The van der Waals surface area contributed by atoms with Gasteiger partial charge < -0.3 is 10.7 Å². The van der Waals surface area contributed by atoms with Crippen LogP contribution in [-0.2, 0) is 6.54 Å². The molecule has 0 aliphatic carbocycles. The maximum atomic E-state index is 13.0. The molecule has 3 N–H and O–H groups in total. The van der Waals surface area contributed by atoms with Gasteiger partial charge in [0, 0.05) is 23.7 Å². The van der Waals surface area contributed by atoms with Crippen molar-refractivity contribution in [1.29, 1.82) is 0 Å². The number of hydrogen-bond acceptors (Lipinski definition) is 4. The summed E-state index contributed by atoms with van der Waals surface area (Å²) in [5.41, 5.74) is 5.99. The van der Waals surface area contributed by atoms with Crippen LogP contribution in [0.4, 0.5) is 4.39 Å². The molecule has 6 heteroatoms. The first-order valence-corrected chi connectivity index (χ1v) is 5.72. The molecule has 2 aromatic rings. The summed E-state index contributed by atoms with van der Waals surface area (Å²) in [6, 6.07) is 5.68. The summed E-state index contributed by atoms with van der Waals surface area (Å²) in [6.07, 6.45) is 1.42. The summed E-state index contributed by atoms with van der Waals surface area (Å²) in [5.74, 6) is -0.329. The molecule has 0 unspecified atom stereocenters. The molecule has 1 aromatic carbocycles. The molecule has 0 fully saturated rings. The fourth-order valence-corrected chi connectivity index (χ4v) is 2.20. The van der Waals surface area contributed by atoms with Gasteiger partial charge in [-0.25, -0.2) is 9.37 Å². The molecule has 1 aromatic heterocycles. The van der Waals surface area contributed by atoms with Crippen LogP contribution >= 0.6 is 11.8 Å². The highest BCUT2D eigenvalue weighted by Crippen LogP contribution is 2.27. The predicted molar refractivity (Wildman–Crippen MR) is 63.3 cm³/mol. The summed E-state index contributed by atoms with van der Waals surface area (Å²) in [6.45, 7) is 0.233. The van der Waals surface area contributed by atoms with Crippen LogP contribution in [0.1, 0.15) is 5.56 Å². The van der Waals surface area contributed by atoms with E-state index in [0.29, 0.717) is 10.7 Å². The number of H-pyrrole nitrogens is 1. The van der Waals surface area contributed by atoms with Gasteiger partial charge in [0.1, 0.15) is 5.82 Å². The monoisotopic (exact) mass is 251 g/mol. The largest absolute Gasteiger partial charge is 0.326 e. The Morgan fingerprint density at radius 1 is 1.41 bits per heavy atom. The summed E-state index contributed by atoms with van der Waals surface area (Å²) in [4.78, 5) is 18.5. The Labute approximate surface area is 101 Å². The van der Waals surface area contributed by atoms with Crippen molar-refractivity contribution in [2.24, 2.45) is 5.73 Å². The molecule has 0 radical (unpaired) electrons. The van der Waals surface area contributed by atoms with Gasteiger partial charge in [0.15, 0.2) is 5.16 Å². The van der Waals surface area contributed by atoms with E-state index in [4.69, 9.17) is 5.73 Å². The van der Waals surface area contributed by atoms with Crippen molar-refractivity contribution >= 4 is 11.8 Å². The molecule has 4 nitrogen and oxygen atoms in total. The maximum Gasteiger partial charge on any atom is 0.251 e. The minimum Gasteiger partial charge on any atom is -0.326 e. The zero-order valence-corrected chi connectivity index (χ0v) is 9.63. The molecule has 17 heavy (non-hydrogen) atoms. The summed E-state index contributed by atoms with van der Waals surface area (Å²) in [7, 11) is 0. The third-order valence-electron chi connectivity index (χ3n) is 2.10. The van der Waals surface area contributed by atoms with Gasteiger partial charge in [-0.1, -0.05) is 11.8 Å². The van der Waals surface area contributed by atoms with Crippen LogP contribution in [0, 0.1) is 5.82 Å². The van der Waals surface area contributed by atoms with Crippen LogP contribution < -0.4 is 11.3 Å².